The van der Waals surface area contributed by atoms with Crippen molar-refractivity contribution in [1.29, 1.82) is 0 Å². The highest BCUT2D eigenvalue weighted by Crippen LogP contribution is 2.24. The van der Waals surface area contributed by atoms with Gasteiger partial charge in [0.1, 0.15) is 5.75 Å². The Morgan fingerprint density at radius 1 is 1.44 bits per heavy atom. The van der Waals surface area contributed by atoms with Crippen molar-refractivity contribution in [3.8, 4) is 5.75 Å². The molecule has 1 N–H and O–H groups in total. The molecule has 0 radical (unpaired) electrons. The number of halogens is 1. The molecule has 0 saturated heterocycles. The highest BCUT2D eigenvalue weighted by atomic mass is 79.9. The molecule has 0 heterocycles. The van der Waals surface area contributed by atoms with Gasteiger partial charge in [-0.15, -0.1) is 0 Å². The van der Waals surface area contributed by atoms with Crippen LogP contribution in [0.5, 0.6) is 5.75 Å². The van der Waals surface area contributed by atoms with Gasteiger partial charge in [-0.1, -0.05) is 22.9 Å². The minimum absolute atomic E-state index is 0.351. The molecule has 18 heavy (non-hydrogen) atoms. The average molecular weight is 316 g/mol. The largest absolute Gasteiger partial charge is 0.508 e. The number of phenols is 1. The number of nitrogens with zero attached hydrogens (tertiary/aromatic N) is 1. The standard InChI is InChI=1S/C14H22BrNO2/c1-4-11(2)16(7-8-18-3)10-12-9-13(15)5-6-14(12)17/h5-6,9,11,17H,4,7-8,10H2,1-3H3. The van der Waals surface area contributed by atoms with Gasteiger partial charge in [0.2, 0.25) is 0 Å². The first-order valence-electron chi connectivity index (χ1n) is 6.28. The van der Waals surface area contributed by atoms with Crippen LogP contribution in [0.4, 0.5) is 0 Å². The molecular weight excluding hydrogens is 294 g/mol. The maximum atomic E-state index is 9.89. The van der Waals surface area contributed by atoms with Crippen LogP contribution in [0.3, 0.4) is 0 Å². The number of methoxy groups -OCH3 is 1. The zero-order chi connectivity index (χ0) is 13.5. The Morgan fingerprint density at radius 3 is 2.78 bits per heavy atom. The summed E-state index contributed by atoms with van der Waals surface area (Å²) in [6, 6.07) is 6.02. The number of hydrogen-bond donors (Lipinski definition) is 1. The van der Waals surface area contributed by atoms with Gasteiger partial charge < -0.3 is 9.84 Å². The predicted molar refractivity (Wildman–Crippen MR) is 77.8 cm³/mol. The molecule has 1 aromatic rings. The first-order chi connectivity index (χ1) is 8.58. The second-order valence-corrected chi connectivity index (χ2v) is 5.41. The van der Waals surface area contributed by atoms with Gasteiger partial charge in [0.25, 0.3) is 0 Å². The number of hydrogen-bond acceptors (Lipinski definition) is 3. The number of phenolic OH excluding ortho intramolecular Hbond substituents is 1. The fraction of sp³-hybridized carbons (Fsp3) is 0.571. The van der Waals surface area contributed by atoms with Crippen LogP contribution in [0.2, 0.25) is 0 Å². The van der Waals surface area contributed by atoms with Crippen molar-refractivity contribution in [2.45, 2.75) is 32.9 Å². The maximum absolute atomic E-state index is 9.89. The second-order valence-electron chi connectivity index (χ2n) is 4.49. The van der Waals surface area contributed by atoms with E-state index in [-0.39, 0.29) is 0 Å². The average Bonchev–Trinajstić information content (AvgIpc) is 2.37. The molecule has 102 valence electrons. The summed E-state index contributed by atoms with van der Waals surface area (Å²) in [6.45, 7) is 6.69. The molecule has 0 saturated carbocycles. The normalized spacial score (nSPS) is 12.9. The molecule has 1 aromatic carbocycles. The van der Waals surface area contributed by atoms with Crippen LogP contribution in [0, 0.1) is 0 Å². The summed E-state index contributed by atoms with van der Waals surface area (Å²) in [4.78, 5) is 2.32. The molecule has 3 nitrogen and oxygen atoms in total. The minimum atomic E-state index is 0.351. The zero-order valence-electron chi connectivity index (χ0n) is 11.3. The molecule has 4 heteroatoms. The van der Waals surface area contributed by atoms with Gasteiger partial charge in [-0.2, -0.15) is 0 Å². The van der Waals surface area contributed by atoms with E-state index in [9.17, 15) is 5.11 Å². The van der Waals surface area contributed by atoms with E-state index in [0.29, 0.717) is 18.4 Å². The summed E-state index contributed by atoms with van der Waals surface area (Å²) < 4.78 is 6.14. The molecule has 0 aliphatic heterocycles. The SMILES string of the molecule is CCC(C)N(CCOC)Cc1cc(Br)ccc1O. The van der Waals surface area contributed by atoms with Crippen molar-refractivity contribution in [3.05, 3.63) is 28.2 Å². The molecule has 0 fully saturated rings. The van der Waals surface area contributed by atoms with Gasteiger partial charge in [0.15, 0.2) is 0 Å². The summed E-state index contributed by atoms with van der Waals surface area (Å²) in [5.41, 5.74) is 0.945. The minimum Gasteiger partial charge on any atom is -0.508 e. The maximum Gasteiger partial charge on any atom is 0.120 e. The van der Waals surface area contributed by atoms with Crippen molar-refractivity contribution in [2.75, 3.05) is 20.3 Å². The second kappa shape index (κ2) is 7.77. The third-order valence-electron chi connectivity index (χ3n) is 3.21. The van der Waals surface area contributed by atoms with Crippen molar-refractivity contribution >= 4 is 15.9 Å². The van der Waals surface area contributed by atoms with Crippen molar-refractivity contribution in [3.63, 3.8) is 0 Å². The third kappa shape index (κ3) is 4.59. The lowest BCUT2D eigenvalue weighted by Crippen LogP contribution is -2.34. The summed E-state index contributed by atoms with van der Waals surface area (Å²) in [7, 11) is 1.71. The van der Waals surface area contributed by atoms with E-state index in [4.69, 9.17) is 4.74 Å². The van der Waals surface area contributed by atoms with Gasteiger partial charge in [0.05, 0.1) is 6.61 Å². The lowest BCUT2D eigenvalue weighted by Gasteiger charge is -2.28. The van der Waals surface area contributed by atoms with Gasteiger partial charge in [-0.05, 0) is 31.5 Å². The number of benzene rings is 1. The number of ether oxygens (including phenoxy) is 1. The van der Waals surface area contributed by atoms with E-state index in [1.54, 1.807) is 13.2 Å². The van der Waals surface area contributed by atoms with E-state index >= 15 is 0 Å². The van der Waals surface area contributed by atoms with Crippen LogP contribution in [0.1, 0.15) is 25.8 Å². The topological polar surface area (TPSA) is 32.7 Å². The van der Waals surface area contributed by atoms with Gasteiger partial charge in [-0.3, -0.25) is 4.90 Å². The Morgan fingerprint density at radius 2 is 2.17 bits per heavy atom. The van der Waals surface area contributed by atoms with E-state index in [1.807, 2.05) is 12.1 Å². The molecule has 1 unspecified atom stereocenters. The Bertz CT molecular complexity index is 371. The van der Waals surface area contributed by atoms with Crippen LogP contribution < -0.4 is 0 Å². The molecule has 0 bridgehead atoms. The summed E-state index contributed by atoms with van der Waals surface area (Å²) in [5, 5.41) is 9.89. The monoisotopic (exact) mass is 315 g/mol. The summed E-state index contributed by atoms with van der Waals surface area (Å²) >= 11 is 3.44. The van der Waals surface area contributed by atoms with Gasteiger partial charge in [0, 0.05) is 36.3 Å². The number of aromatic hydroxyl groups is 1. The number of rotatable bonds is 7. The smallest absolute Gasteiger partial charge is 0.120 e. The van der Waals surface area contributed by atoms with E-state index in [2.05, 4.69) is 34.7 Å². The fourth-order valence-electron chi connectivity index (χ4n) is 1.82. The predicted octanol–water partition coefficient (Wildman–Crippen LogP) is 3.40. The quantitative estimate of drug-likeness (QED) is 0.837. The Balaban J connectivity index is 2.77. The Kier molecular flexibility index (Phi) is 6.68. The Hall–Kier alpha value is -0.580. The van der Waals surface area contributed by atoms with Crippen molar-refractivity contribution < 1.29 is 9.84 Å². The molecule has 0 spiro atoms. The van der Waals surface area contributed by atoms with Crippen LogP contribution in [-0.4, -0.2) is 36.3 Å². The van der Waals surface area contributed by atoms with Crippen LogP contribution in [0.15, 0.2) is 22.7 Å². The van der Waals surface area contributed by atoms with Gasteiger partial charge >= 0.3 is 0 Å². The first kappa shape index (κ1) is 15.5. The molecular formula is C14H22BrNO2. The summed E-state index contributed by atoms with van der Waals surface area (Å²) in [6.07, 6.45) is 1.08. The summed E-state index contributed by atoms with van der Waals surface area (Å²) in [5.74, 6) is 0.351. The molecule has 0 aromatic heterocycles. The van der Waals surface area contributed by atoms with Crippen LogP contribution in [0.25, 0.3) is 0 Å². The highest BCUT2D eigenvalue weighted by Gasteiger charge is 2.14. The molecule has 0 aliphatic rings. The van der Waals surface area contributed by atoms with Crippen LogP contribution in [-0.2, 0) is 11.3 Å². The lowest BCUT2D eigenvalue weighted by molar-refractivity contribution is 0.117. The van der Waals surface area contributed by atoms with Crippen LogP contribution >= 0.6 is 15.9 Å². The molecule has 1 atom stereocenters. The van der Waals surface area contributed by atoms with E-state index < -0.39 is 0 Å². The van der Waals surface area contributed by atoms with Crippen molar-refractivity contribution in [2.24, 2.45) is 0 Å². The molecule has 0 aliphatic carbocycles. The fourth-order valence-corrected chi connectivity index (χ4v) is 2.23. The lowest BCUT2D eigenvalue weighted by atomic mass is 10.1. The Labute approximate surface area is 118 Å². The third-order valence-corrected chi connectivity index (χ3v) is 3.71. The van der Waals surface area contributed by atoms with E-state index in [1.165, 1.54) is 0 Å². The molecule has 0 amide bonds. The highest BCUT2D eigenvalue weighted by molar-refractivity contribution is 9.10. The van der Waals surface area contributed by atoms with Crippen molar-refractivity contribution in [1.82, 2.24) is 4.90 Å². The van der Waals surface area contributed by atoms with E-state index in [0.717, 1.165) is 29.5 Å². The molecule has 1 rings (SSSR count). The van der Waals surface area contributed by atoms with Gasteiger partial charge in [-0.25, -0.2) is 0 Å². The first-order valence-corrected chi connectivity index (χ1v) is 7.08. The zero-order valence-corrected chi connectivity index (χ0v) is 12.9.